The second kappa shape index (κ2) is 4.15. The molecule has 2 nitrogen and oxygen atoms in total. The van der Waals surface area contributed by atoms with Crippen LogP contribution in [0.5, 0.6) is 0 Å². The number of hydrogen-bond acceptors (Lipinski definition) is 3. The number of ether oxygens (including phenoxy) is 1. The molecule has 0 aromatic carbocycles. The lowest BCUT2D eigenvalue weighted by atomic mass is 9.94. The zero-order valence-electron chi connectivity index (χ0n) is 9.01. The van der Waals surface area contributed by atoms with Crippen LogP contribution in [0.25, 0.3) is 0 Å². The number of thioether (sulfide) groups is 1. The molecule has 2 rings (SSSR count). The fourth-order valence-corrected chi connectivity index (χ4v) is 3.86. The maximum absolute atomic E-state index is 5.67. The van der Waals surface area contributed by atoms with Gasteiger partial charge in [0.25, 0.3) is 0 Å². The standard InChI is InChI=1S/C11H19NOS/c1-11(6-4-8-14-11)10(12-2)9-5-3-7-13-9/h5,10,12H,3-4,6-8H2,1-2H3. The van der Waals surface area contributed by atoms with Gasteiger partial charge in [-0.3, -0.25) is 0 Å². The smallest absolute Gasteiger partial charge is 0.110 e. The third kappa shape index (κ3) is 1.80. The molecule has 0 radical (unpaired) electrons. The summed E-state index contributed by atoms with van der Waals surface area (Å²) in [7, 11) is 2.04. The van der Waals surface area contributed by atoms with Crippen LogP contribution in [0.15, 0.2) is 11.8 Å². The largest absolute Gasteiger partial charge is 0.496 e. The number of nitrogens with one attached hydrogen (secondary N) is 1. The van der Waals surface area contributed by atoms with Crippen LogP contribution in [0, 0.1) is 0 Å². The Balaban J connectivity index is 2.11. The lowest BCUT2D eigenvalue weighted by molar-refractivity contribution is 0.205. The summed E-state index contributed by atoms with van der Waals surface area (Å²) in [6.45, 7) is 3.22. The Morgan fingerprint density at radius 3 is 3.00 bits per heavy atom. The van der Waals surface area contributed by atoms with E-state index in [2.05, 4.69) is 30.1 Å². The Labute approximate surface area is 90.5 Å². The first-order valence-corrected chi connectivity index (χ1v) is 6.39. The second-order valence-electron chi connectivity index (χ2n) is 4.23. The monoisotopic (exact) mass is 213 g/mol. The van der Waals surface area contributed by atoms with E-state index in [1.165, 1.54) is 24.4 Å². The minimum absolute atomic E-state index is 0.338. The van der Waals surface area contributed by atoms with E-state index >= 15 is 0 Å². The molecule has 3 heteroatoms. The Hall–Kier alpha value is -0.150. The van der Waals surface area contributed by atoms with Gasteiger partial charge in [0.15, 0.2) is 0 Å². The molecule has 2 aliphatic rings. The van der Waals surface area contributed by atoms with Crippen molar-refractivity contribution < 1.29 is 4.74 Å². The zero-order chi connectivity index (χ0) is 10.0. The van der Waals surface area contributed by atoms with Gasteiger partial charge in [0.05, 0.1) is 12.6 Å². The molecule has 2 unspecified atom stereocenters. The van der Waals surface area contributed by atoms with Gasteiger partial charge in [0, 0.05) is 11.2 Å². The van der Waals surface area contributed by atoms with Gasteiger partial charge >= 0.3 is 0 Å². The lowest BCUT2D eigenvalue weighted by Crippen LogP contribution is -2.45. The molecule has 0 bridgehead atoms. The van der Waals surface area contributed by atoms with Crippen molar-refractivity contribution in [2.24, 2.45) is 0 Å². The Kier molecular flexibility index (Phi) is 3.07. The molecule has 2 heterocycles. The van der Waals surface area contributed by atoms with Crippen LogP contribution in [-0.2, 0) is 4.74 Å². The van der Waals surface area contributed by atoms with Crippen LogP contribution in [0.1, 0.15) is 26.2 Å². The normalized spacial score (nSPS) is 34.0. The molecule has 0 aromatic heterocycles. The van der Waals surface area contributed by atoms with Gasteiger partial charge in [-0.1, -0.05) is 0 Å². The first-order valence-electron chi connectivity index (χ1n) is 5.40. The van der Waals surface area contributed by atoms with Crippen molar-refractivity contribution in [3.63, 3.8) is 0 Å². The van der Waals surface area contributed by atoms with Crippen molar-refractivity contribution in [2.45, 2.75) is 37.0 Å². The van der Waals surface area contributed by atoms with Crippen molar-refractivity contribution in [3.8, 4) is 0 Å². The number of hydrogen-bond donors (Lipinski definition) is 1. The average molecular weight is 213 g/mol. The fourth-order valence-electron chi connectivity index (χ4n) is 2.41. The van der Waals surface area contributed by atoms with E-state index in [0.717, 1.165) is 13.0 Å². The molecule has 1 N–H and O–H groups in total. The maximum Gasteiger partial charge on any atom is 0.110 e. The maximum atomic E-state index is 5.67. The molecule has 80 valence electrons. The van der Waals surface area contributed by atoms with E-state index in [1.54, 1.807) is 0 Å². The van der Waals surface area contributed by atoms with Crippen LogP contribution in [0.4, 0.5) is 0 Å². The van der Waals surface area contributed by atoms with Gasteiger partial charge < -0.3 is 10.1 Å². The van der Waals surface area contributed by atoms with Crippen LogP contribution in [-0.4, -0.2) is 30.2 Å². The molecule has 2 aliphatic heterocycles. The molecule has 0 aromatic rings. The Bertz CT molecular complexity index is 233. The van der Waals surface area contributed by atoms with E-state index in [-0.39, 0.29) is 0 Å². The molecule has 1 saturated heterocycles. The highest BCUT2D eigenvalue weighted by Gasteiger charge is 2.40. The van der Waals surface area contributed by atoms with Gasteiger partial charge in [0.1, 0.15) is 5.76 Å². The highest BCUT2D eigenvalue weighted by molar-refractivity contribution is 8.00. The SMILES string of the molecule is CNC(C1=CCCO1)C1(C)CCCS1. The van der Waals surface area contributed by atoms with E-state index in [9.17, 15) is 0 Å². The van der Waals surface area contributed by atoms with Crippen molar-refractivity contribution in [1.82, 2.24) is 5.32 Å². The molecular weight excluding hydrogens is 194 g/mol. The minimum atomic E-state index is 0.338. The van der Waals surface area contributed by atoms with Crippen LogP contribution < -0.4 is 5.32 Å². The van der Waals surface area contributed by atoms with E-state index in [1.807, 2.05) is 7.05 Å². The summed E-state index contributed by atoms with van der Waals surface area (Å²) in [5.41, 5.74) is 0. The van der Waals surface area contributed by atoms with E-state index < -0.39 is 0 Å². The topological polar surface area (TPSA) is 21.3 Å². The molecule has 0 aliphatic carbocycles. The fraction of sp³-hybridized carbons (Fsp3) is 0.818. The predicted octanol–water partition coefficient (Wildman–Crippen LogP) is 2.16. The van der Waals surface area contributed by atoms with E-state index in [4.69, 9.17) is 4.74 Å². The zero-order valence-corrected chi connectivity index (χ0v) is 9.82. The molecular formula is C11H19NOS. The minimum Gasteiger partial charge on any atom is -0.496 e. The van der Waals surface area contributed by atoms with Crippen LogP contribution in [0.3, 0.4) is 0 Å². The Morgan fingerprint density at radius 1 is 1.64 bits per heavy atom. The summed E-state index contributed by atoms with van der Waals surface area (Å²) in [6.07, 6.45) is 5.95. The second-order valence-corrected chi connectivity index (χ2v) is 5.86. The number of likely N-dealkylation sites (N-methyl/N-ethyl adjacent to an activating group) is 1. The highest BCUT2D eigenvalue weighted by atomic mass is 32.2. The van der Waals surface area contributed by atoms with Crippen molar-refractivity contribution in [2.75, 3.05) is 19.4 Å². The van der Waals surface area contributed by atoms with Gasteiger partial charge in [0.2, 0.25) is 0 Å². The average Bonchev–Trinajstić information content (AvgIpc) is 2.78. The summed E-state index contributed by atoms with van der Waals surface area (Å²) >= 11 is 2.08. The van der Waals surface area contributed by atoms with Crippen molar-refractivity contribution in [1.29, 1.82) is 0 Å². The Morgan fingerprint density at radius 2 is 2.50 bits per heavy atom. The summed E-state index contributed by atoms with van der Waals surface area (Å²) in [5, 5.41) is 3.41. The highest BCUT2D eigenvalue weighted by Crippen LogP contribution is 2.43. The number of rotatable bonds is 3. The van der Waals surface area contributed by atoms with Crippen LogP contribution in [0.2, 0.25) is 0 Å². The summed E-state index contributed by atoms with van der Waals surface area (Å²) in [4.78, 5) is 0. The third-order valence-electron chi connectivity index (χ3n) is 3.17. The van der Waals surface area contributed by atoms with Crippen LogP contribution >= 0.6 is 11.8 Å². The van der Waals surface area contributed by atoms with Gasteiger partial charge in [-0.25, -0.2) is 0 Å². The molecule has 14 heavy (non-hydrogen) atoms. The summed E-state index contributed by atoms with van der Waals surface area (Å²) in [5.74, 6) is 2.46. The first-order chi connectivity index (χ1) is 6.76. The van der Waals surface area contributed by atoms with Gasteiger partial charge in [-0.05, 0) is 38.6 Å². The van der Waals surface area contributed by atoms with Crippen molar-refractivity contribution in [3.05, 3.63) is 11.8 Å². The molecule has 0 spiro atoms. The molecule has 1 fully saturated rings. The van der Waals surface area contributed by atoms with Crippen molar-refractivity contribution >= 4 is 11.8 Å². The first kappa shape index (κ1) is 10.4. The molecule has 0 amide bonds. The van der Waals surface area contributed by atoms with E-state index in [0.29, 0.717) is 10.8 Å². The summed E-state index contributed by atoms with van der Waals surface area (Å²) in [6, 6.07) is 0.400. The van der Waals surface area contributed by atoms with Gasteiger partial charge in [-0.2, -0.15) is 11.8 Å². The lowest BCUT2D eigenvalue weighted by Gasteiger charge is -2.33. The third-order valence-corrected chi connectivity index (χ3v) is 4.76. The van der Waals surface area contributed by atoms with Gasteiger partial charge in [-0.15, -0.1) is 0 Å². The predicted molar refractivity (Wildman–Crippen MR) is 61.6 cm³/mol. The molecule has 0 saturated carbocycles. The quantitative estimate of drug-likeness (QED) is 0.776. The molecule has 2 atom stereocenters. The summed E-state index contributed by atoms with van der Waals surface area (Å²) < 4.78 is 6.01.